The van der Waals surface area contributed by atoms with E-state index in [9.17, 15) is 9.59 Å². The third-order valence-electron chi connectivity index (χ3n) is 2.37. The number of rotatable bonds is 6. The fourth-order valence-electron chi connectivity index (χ4n) is 1.30. The number of carboxylic acids is 1. The lowest BCUT2D eigenvalue weighted by molar-refractivity contribution is -0.136. The van der Waals surface area contributed by atoms with E-state index in [0.717, 1.165) is 0 Å². The molecular formula is C13H13ClN4O3. The van der Waals surface area contributed by atoms with E-state index >= 15 is 0 Å². The summed E-state index contributed by atoms with van der Waals surface area (Å²) >= 11 is 5.84. The van der Waals surface area contributed by atoms with E-state index in [-0.39, 0.29) is 18.5 Å². The molecule has 1 rings (SSSR count). The van der Waals surface area contributed by atoms with Crippen LogP contribution in [0.5, 0.6) is 0 Å². The van der Waals surface area contributed by atoms with Crippen molar-refractivity contribution in [2.24, 2.45) is 0 Å². The minimum Gasteiger partial charge on any atom is -0.481 e. The zero-order chi connectivity index (χ0) is 15.8. The van der Waals surface area contributed by atoms with Gasteiger partial charge in [-0.3, -0.25) is 9.59 Å². The van der Waals surface area contributed by atoms with Crippen LogP contribution in [0.25, 0.3) is 0 Å². The molecule has 0 fully saturated rings. The quantitative estimate of drug-likeness (QED) is 0.356. The van der Waals surface area contributed by atoms with Crippen LogP contribution in [0, 0.1) is 11.3 Å². The van der Waals surface area contributed by atoms with E-state index in [4.69, 9.17) is 27.7 Å². The molecule has 0 bridgehead atoms. The Hall–Kier alpha value is -2.72. The number of hydrogen-bond acceptors (Lipinski definition) is 5. The summed E-state index contributed by atoms with van der Waals surface area (Å²) in [5, 5.41) is 22.8. The first-order valence-electron chi connectivity index (χ1n) is 5.86. The summed E-state index contributed by atoms with van der Waals surface area (Å²) in [7, 11) is 0. The molecule has 0 unspecified atom stereocenters. The van der Waals surface area contributed by atoms with Gasteiger partial charge >= 0.3 is 5.97 Å². The molecule has 8 heteroatoms. The van der Waals surface area contributed by atoms with Gasteiger partial charge in [0, 0.05) is 18.4 Å². The maximum Gasteiger partial charge on any atom is 0.305 e. The number of benzene rings is 1. The van der Waals surface area contributed by atoms with Crippen LogP contribution in [0.15, 0.2) is 30.0 Å². The Morgan fingerprint density at radius 3 is 2.76 bits per heavy atom. The molecule has 5 N–H and O–H groups in total. The molecule has 21 heavy (non-hydrogen) atoms. The number of nitrogen functional groups attached to an aromatic ring is 1. The average Bonchev–Trinajstić information content (AvgIpc) is 2.43. The van der Waals surface area contributed by atoms with Crippen LogP contribution in [0.2, 0.25) is 5.02 Å². The molecule has 0 atom stereocenters. The van der Waals surface area contributed by atoms with E-state index in [1.165, 1.54) is 6.20 Å². The molecule has 1 aromatic rings. The number of nitrogens with one attached hydrogen (secondary N) is 2. The van der Waals surface area contributed by atoms with Crippen LogP contribution < -0.4 is 16.4 Å². The highest BCUT2D eigenvalue weighted by molar-refractivity contribution is 6.33. The summed E-state index contributed by atoms with van der Waals surface area (Å²) in [5.74, 6) is -1.69. The number of aliphatic carboxylic acids is 1. The van der Waals surface area contributed by atoms with Crippen molar-refractivity contribution in [3.05, 3.63) is 35.0 Å². The van der Waals surface area contributed by atoms with Gasteiger partial charge in [0.1, 0.15) is 11.6 Å². The number of carbonyl (C=O) groups excluding carboxylic acids is 1. The second-order valence-corrected chi connectivity index (χ2v) is 4.36. The van der Waals surface area contributed by atoms with Gasteiger partial charge in [-0.1, -0.05) is 11.6 Å². The highest BCUT2D eigenvalue weighted by Crippen LogP contribution is 2.22. The Morgan fingerprint density at radius 2 is 2.19 bits per heavy atom. The molecule has 0 aliphatic heterocycles. The van der Waals surface area contributed by atoms with E-state index in [1.807, 2.05) is 0 Å². The van der Waals surface area contributed by atoms with Gasteiger partial charge in [-0.05, 0) is 18.2 Å². The first-order chi connectivity index (χ1) is 9.93. The van der Waals surface area contributed by atoms with E-state index in [2.05, 4.69) is 10.6 Å². The van der Waals surface area contributed by atoms with Gasteiger partial charge in [-0.25, -0.2) is 0 Å². The Labute approximate surface area is 126 Å². The van der Waals surface area contributed by atoms with Crippen LogP contribution >= 0.6 is 11.6 Å². The number of carbonyl (C=O) groups is 2. The number of amides is 1. The largest absolute Gasteiger partial charge is 0.481 e. The van der Waals surface area contributed by atoms with Crippen molar-refractivity contribution in [2.45, 2.75) is 6.42 Å². The van der Waals surface area contributed by atoms with Crippen molar-refractivity contribution < 1.29 is 14.7 Å². The molecular weight excluding hydrogens is 296 g/mol. The molecule has 0 saturated heterocycles. The topological polar surface area (TPSA) is 128 Å². The summed E-state index contributed by atoms with van der Waals surface area (Å²) in [5.41, 5.74) is 6.34. The number of anilines is 2. The molecule has 0 spiro atoms. The number of nitrogens with zero attached hydrogens (tertiary/aromatic N) is 1. The van der Waals surface area contributed by atoms with Gasteiger partial charge in [0.25, 0.3) is 5.91 Å². The maximum absolute atomic E-state index is 11.6. The van der Waals surface area contributed by atoms with Gasteiger partial charge in [-0.2, -0.15) is 5.26 Å². The Kier molecular flexibility index (Phi) is 6.04. The van der Waals surface area contributed by atoms with Gasteiger partial charge in [0.05, 0.1) is 17.1 Å². The number of hydrogen-bond donors (Lipinski definition) is 4. The van der Waals surface area contributed by atoms with Crippen molar-refractivity contribution in [1.29, 1.82) is 5.26 Å². The second kappa shape index (κ2) is 7.77. The zero-order valence-corrected chi connectivity index (χ0v) is 11.6. The normalized spacial score (nSPS) is 10.6. The SMILES string of the molecule is N#C/C(=C/Nc1ccc(N)c(Cl)c1)C(=O)NCCC(=O)O. The van der Waals surface area contributed by atoms with Crippen LogP contribution in [-0.4, -0.2) is 23.5 Å². The van der Waals surface area contributed by atoms with E-state index < -0.39 is 11.9 Å². The lowest BCUT2D eigenvalue weighted by Crippen LogP contribution is -2.27. The van der Waals surface area contributed by atoms with E-state index in [0.29, 0.717) is 16.4 Å². The summed E-state index contributed by atoms with van der Waals surface area (Å²) in [6, 6.07) is 6.48. The predicted molar refractivity (Wildman–Crippen MR) is 78.4 cm³/mol. The fraction of sp³-hybridized carbons (Fsp3) is 0.154. The fourth-order valence-corrected chi connectivity index (χ4v) is 1.48. The van der Waals surface area contributed by atoms with Gasteiger partial charge in [-0.15, -0.1) is 0 Å². The Balaban J connectivity index is 2.66. The third-order valence-corrected chi connectivity index (χ3v) is 2.70. The average molecular weight is 309 g/mol. The van der Waals surface area contributed by atoms with Crippen molar-refractivity contribution in [2.75, 3.05) is 17.6 Å². The maximum atomic E-state index is 11.6. The highest BCUT2D eigenvalue weighted by Gasteiger charge is 2.09. The second-order valence-electron chi connectivity index (χ2n) is 3.95. The van der Waals surface area contributed by atoms with Crippen LogP contribution in [-0.2, 0) is 9.59 Å². The molecule has 0 heterocycles. The van der Waals surface area contributed by atoms with Crippen molar-refractivity contribution in [1.82, 2.24) is 5.32 Å². The summed E-state index contributed by atoms with van der Waals surface area (Å²) in [4.78, 5) is 21.9. The minimum atomic E-state index is -1.03. The standard InChI is InChI=1S/C13H13ClN4O3/c14-10-5-9(1-2-11(10)16)18-7-8(6-15)13(21)17-4-3-12(19)20/h1-2,5,7,18H,3-4,16H2,(H,17,21)(H,19,20)/b8-7-. The lowest BCUT2D eigenvalue weighted by atomic mass is 10.2. The van der Waals surface area contributed by atoms with Crippen LogP contribution in [0.1, 0.15) is 6.42 Å². The van der Waals surface area contributed by atoms with Crippen molar-refractivity contribution in [3.8, 4) is 6.07 Å². The molecule has 0 aromatic heterocycles. The third kappa shape index (κ3) is 5.42. The molecule has 1 amide bonds. The number of nitriles is 1. The number of halogens is 1. The molecule has 1 aromatic carbocycles. The minimum absolute atomic E-state index is 0.0547. The van der Waals surface area contributed by atoms with Crippen molar-refractivity contribution >= 4 is 34.9 Å². The van der Waals surface area contributed by atoms with E-state index in [1.54, 1.807) is 24.3 Å². The molecule has 0 aliphatic carbocycles. The smallest absolute Gasteiger partial charge is 0.305 e. The van der Waals surface area contributed by atoms with Crippen LogP contribution in [0.4, 0.5) is 11.4 Å². The molecule has 110 valence electrons. The summed E-state index contributed by atoms with van der Waals surface area (Å²) in [6.07, 6.45) is 0.989. The first kappa shape index (κ1) is 16.3. The number of carboxylic acid groups (broad SMARTS) is 1. The summed E-state index contributed by atoms with van der Waals surface area (Å²) < 4.78 is 0. The van der Waals surface area contributed by atoms with Crippen LogP contribution in [0.3, 0.4) is 0 Å². The monoisotopic (exact) mass is 308 g/mol. The Bertz CT molecular complexity index is 622. The number of nitrogens with two attached hydrogens (primary N) is 1. The molecule has 0 radical (unpaired) electrons. The van der Waals surface area contributed by atoms with Gasteiger partial charge in [0.15, 0.2) is 0 Å². The van der Waals surface area contributed by atoms with Gasteiger partial charge in [0.2, 0.25) is 0 Å². The molecule has 0 aliphatic rings. The summed E-state index contributed by atoms with van der Waals surface area (Å²) in [6.45, 7) is -0.0547. The van der Waals surface area contributed by atoms with Crippen molar-refractivity contribution in [3.63, 3.8) is 0 Å². The lowest BCUT2D eigenvalue weighted by Gasteiger charge is -2.05. The highest BCUT2D eigenvalue weighted by atomic mass is 35.5. The Morgan fingerprint density at radius 1 is 1.48 bits per heavy atom. The zero-order valence-electron chi connectivity index (χ0n) is 10.9. The predicted octanol–water partition coefficient (Wildman–Crippen LogP) is 1.33. The first-order valence-corrected chi connectivity index (χ1v) is 6.23. The van der Waals surface area contributed by atoms with Gasteiger partial charge < -0.3 is 21.5 Å². The molecule has 0 saturated carbocycles. The molecule has 7 nitrogen and oxygen atoms in total.